The number of nitrogens with zero attached hydrogens (tertiary/aromatic N) is 1. The summed E-state index contributed by atoms with van der Waals surface area (Å²) in [6, 6.07) is 13.9. The molecule has 2 spiro atoms. The van der Waals surface area contributed by atoms with Crippen LogP contribution in [-0.4, -0.2) is 56.4 Å². The number of anilines is 2. The zero-order valence-electron chi connectivity index (χ0n) is 22.7. The first-order chi connectivity index (χ1) is 19.8. The van der Waals surface area contributed by atoms with Crippen LogP contribution < -0.4 is 24.8 Å². The SMILES string of the molecule is COc1cc(C(=O)[C@H]2[C@@H]3CCCN3[C@@]3(C(=O)Nc4ccc(F)cc43)[C@]23C(=O)Nc2ccccc23)cc(OC)c1OC. The van der Waals surface area contributed by atoms with Gasteiger partial charge in [-0.2, -0.15) is 0 Å². The van der Waals surface area contributed by atoms with Gasteiger partial charge in [-0.1, -0.05) is 18.2 Å². The van der Waals surface area contributed by atoms with Crippen molar-refractivity contribution in [3.05, 3.63) is 77.1 Å². The Kier molecular flexibility index (Phi) is 5.46. The number of nitrogens with one attached hydrogen (secondary N) is 2. The second-order valence-corrected chi connectivity index (χ2v) is 10.8. The molecule has 2 amide bonds. The van der Waals surface area contributed by atoms with Crippen molar-refractivity contribution in [3.63, 3.8) is 0 Å². The summed E-state index contributed by atoms with van der Waals surface area (Å²) in [4.78, 5) is 45.8. The van der Waals surface area contributed by atoms with Crippen molar-refractivity contribution < 1.29 is 33.0 Å². The summed E-state index contributed by atoms with van der Waals surface area (Å²) in [6.45, 7) is 0.463. The average molecular weight is 558 g/mol. The highest BCUT2D eigenvalue weighted by atomic mass is 19.1. The van der Waals surface area contributed by atoms with E-state index in [1.165, 1.54) is 39.5 Å². The minimum Gasteiger partial charge on any atom is -0.493 e. The number of carbonyl (C=O) groups excluding carboxylic acids is 3. The molecule has 2 fully saturated rings. The molecule has 4 atom stereocenters. The van der Waals surface area contributed by atoms with Gasteiger partial charge in [0.2, 0.25) is 11.7 Å². The molecule has 3 aromatic carbocycles. The maximum Gasteiger partial charge on any atom is 0.251 e. The molecule has 2 N–H and O–H groups in total. The lowest BCUT2D eigenvalue weighted by atomic mass is 9.57. The van der Waals surface area contributed by atoms with Gasteiger partial charge >= 0.3 is 0 Å². The molecule has 4 heterocycles. The zero-order valence-corrected chi connectivity index (χ0v) is 22.7. The highest BCUT2D eigenvalue weighted by molar-refractivity contribution is 6.21. The van der Waals surface area contributed by atoms with Crippen molar-refractivity contribution in [3.8, 4) is 17.2 Å². The molecule has 41 heavy (non-hydrogen) atoms. The van der Waals surface area contributed by atoms with Gasteiger partial charge in [-0.15, -0.1) is 0 Å². The molecule has 0 unspecified atom stereocenters. The summed E-state index contributed by atoms with van der Waals surface area (Å²) < 4.78 is 31.5. The van der Waals surface area contributed by atoms with Crippen molar-refractivity contribution in [2.24, 2.45) is 5.92 Å². The molecule has 4 aliphatic rings. The summed E-state index contributed by atoms with van der Waals surface area (Å²) in [5, 5.41) is 5.90. The second-order valence-electron chi connectivity index (χ2n) is 10.8. The van der Waals surface area contributed by atoms with E-state index >= 15 is 0 Å². The van der Waals surface area contributed by atoms with Crippen LogP contribution in [-0.2, 0) is 20.5 Å². The first-order valence-electron chi connectivity index (χ1n) is 13.5. The zero-order chi connectivity index (χ0) is 28.7. The third-order valence-electron chi connectivity index (χ3n) is 9.29. The highest BCUT2D eigenvalue weighted by Gasteiger charge is 2.81. The fraction of sp³-hybridized carbons (Fsp3) is 0.323. The average Bonchev–Trinajstić information content (AvgIpc) is 3.70. The van der Waals surface area contributed by atoms with Crippen LogP contribution in [0, 0.1) is 11.7 Å². The Hall–Kier alpha value is -4.44. The Morgan fingerprint density at radius 1 is 0.902 bits per heavy atom. The van der Waals surface area contributed by atoms with Crippen LogP contribution in [0.25, 0.3) is 0 Å². The van der Waals surface area contributed by atoms with Crippen LogP contribution in [0.15, 0.2) is 54.6 Å². The Morgan fingerprint density at radius 2 is 1.59 bits per heavy atom. The lowest BCUT2D eigenvalue weighted by Gasteiger charge is -2.43. The maximum absolute atomic E-state index is 14.9. The molecule has 0 aliphatic carbocycles. The van der Waals surface area contributed by atoms with Gasteiger partial charge < -0.3 is 24.8 Å². The van der Waals surface area contributed by atoms with Crippen LogP contribution in [0.4, 0.5) is 15.8 Å². The number of ether oxygens (including phenoxy) is 3. The minimum absolute atomic E-state index is 0.253. The fourth-order valence-corrected chi connectivity index (χ4v) is 7.95. The number of fused-ring (bicyclic) bond motifs is 7. The van der Waals surface area contributed by atoms with Gasteiger partial charge in [0.05, 0.1) is 27.2 Å². The molecule has 7 rings (SSSR count). The highest BCUT2D eigenvalue weighted by Crippen LogP contribution is 2.68. The van der Waals surface area contributed by atoms with Gasteiger partial charge in [0.15, 0.2) is 17.3 Å². The van der Waals surface area contributed by atoms with Gasteiger partial charge in [0.1, 0.15) is 16.8 Å². The van der Waals surface area contributed by atoms with Gasteiger partial charge in [0.25, 0.3) is 5.91 Å². The van der Waals surface area contributed by atoms with Crippen LogP contribution >= 0.6 is 0 Å². The van der Waals surface area contributed by atoms with E-state index in [-0.39, 0.29) is 11.3 Å². The molecular weight excluding hydrogens is 529 g/mol. The lowest BCUT2D eigenvalue weighted by molar-refractivity contribution is -0.137. The Bertz CT molecular complexity index is 1630. The van der Waals surface area contributed by atoms with Crippen molar-refractivity contribution in [2.45, 2.75) is 29.8 Å². The largest absolute Gasteiger partial charge is 0.493 e. The number of carbonyl (C=O) groups is 3. The van der Waals surface area contributed by atoms with E-state index in [4.69, 9.17) is 14.2 Å². The molecule has 2 saturated heterocycles. The van der Waals surface area contributed by atoms with Crippen LogP contribution in [0.2, 0.25) is 0 Å². The predicted octanol–water partition coefficient (Wildman–Crippen LogP) is 3.87. The van der Waals surface area contributed by atoms with Crippen LogP contribution in [0.5, 0.6) is 17.2 Å². The molecule has 10 heteroatoms. The molecule has 3 aromatic rings. The summed E-state index contributed by atoms with van der Waals surface area (Å²) in [7, 11) is 4.40. The van der Waals surface area contributed by atoms with Gasteiger partial charge in [0, 0.05) is 28.5 Å². The topological polar surface area (TPSA) is 106 Å². The molecule has 0 bridgehead atoms. The maximum atomic E-state index is 14.9. The smallest absolute Gasteiger partial charge is 0.251 e. The lowest BCUT2D eigenvalue weighted by Crippen LogP contribution is -2.62. The van der Waals surface area contributed by atoms with Crippen LogP contribution in [0.3, 0.4) is 0 Å². The molecule has 9 nitrogen and oxygen atoms in total. The summed E-state index contributed by atoms with van der Waals surface area (Å²) in [5.41, 5.74) is -1.22. The van der Waals surface area contributed by atoms with E-state index in [9.17, 15) is 18.8 Å². The third kappa shape index (κ3) is 2.95. The van der Waals surface area contributed by atoms with E-state index < -0.39 is 40.5 Å². The molecule has 0 radical (unpaired) electrons. The number of Topliss-reactive ketones (excluding diaryl/α,β-unsaturated/α-hetero) is 1. The number of ketones is 1. The molecule has 4 aliphatic heterocycles. The van der Waals surface area contributed by atoms with Gasteiger partial charge in [-0.3, -0.25) is 19.3 Å². The molecule has 0 aromatic heterocycles. The number of methoxy groups -OCH3 is 3. The summed E-state index contributed by atoms with van der Waals surface area (Å²) in [5.74, 6) is -1.86. The van der Waals surface area contributed by atoms with E-state index in [1.807, 2.05) is 4.90 Å². The minimum atomic E-state index is -1.69. The van der Waals surface area contributed by atoms with Crippen molar-refractivity contribution >= 4 is 29.0 Å². The van der Waals surface area contributed by atoms with E-state index in [1.54, 1.807) is 36.4 Å². The summed E-state index contributed by atoms with van der Waals surface area (Å²) >= 11 is 0. The number of amides is 2. The third-order valence-corrected chi connectivity index (χ3v) is 9.29. The second kappa shape index (κ2) is 8.78. The number of para-hydroxylation sites is 1. The van der Waals surface area contributed by atoms with Gasteiger partial charge in [-0.05, 0) is 61.3 Å². The standard InChI is InChI=1S/C31H28FN3O6/c1-39-23-13-16(14-24(40-2)27(23)41-3)26(36)25-22-9-6-12-35(22)31(19-15-17(32)10-11-21(19)34-29(31)38)30(25)18-7-4-5-8-20(18)33-28(30)37/h4-5,7-8,10-11,13-15,22,25H,6,9,12H2,1-3H3,(H,33,37)(H,34,38)/t22-,25+,30-,31-/m0/s1. The summed E-state index contributed by atoms with van der Waals surface area (Å²) in [6.07, 6.45) is 1.29. The Morgan fingerprint density at radius 3 is 2.29 bits per heavy atom. The van der Waals surface area contributed by atoms with E-state index in [0.29, 0.717) is 59.1 Å². The first-order valence-corrected chi connectivity index (χ1v) is 13.5. The van der Waals surface area contributed by atoms with E-state index in [0.717, 1.165) is 0 Å². The van der Waals surface area contributed by atoms with E-state index in [2.05, 4.69) is 10.6 Å². The predicted molar refractivity (Wildman–Crippen MR) is 147 cm³/mol. The molecule has 0 saturated carbocycles. The normalized spacial score (nSPS) is 27.4. The van der Waals surface area contributed by atoms with Gasteiger partial charge in [-0.25, -0.2) is 4.39 Å². The number of halogens is 1. The number of hydrogen-bond donors (Lipinski definition) is 2. The van der Waals surface area contributed by atoms with Crippen molar-refractivity contribution in [1.29, 1.82) is 0 Å². The first kappa shape index (κ1) is 25.5. The monoisotopic (exact) mass is 557 g/mol. The van der Waals surface area contributed by atoms with Crippen molar-refractivity contribution in [1.82, 2.24) is 4.90 Å². The quantitative estimate of drug-likeness (QED) is 0.459. The Labute approximate surface area is 235 Å². The fourth-order valence-electron chi connectivity index (χ4n) is 7.95. The number of benzene rings is 3. The number of rotatable bonds is 5. The molecular formula is C31H28FN3O6. The van der Waals surface area contributed by atoms with Crippen LogP contribution in [0.1, 0.15) is 34.3 Å². The molecule has 210 valence electrons. The van der Waals surface area contributed by atoms with Crippen molar-refractivity contribution in [2.75, 3.05) is 38.5 Å². The Balaban J connectivity index is 1.55. The number of hydrogen-bond acceptors (Lipinski definition) is 7.